The monoisotopic (exact) mass is 250 g/mol. The van der Waals surface area contributed by atoms with Gasteiger partial charge in [-0.1, -0.05) is 6.07 Å². The summed E-state index contributed by atoms with van der Waals surface area (Å²) in [5, 5.41) is 5.73. The van der Waals surface area contributed by atoms with Gasteiger partial charge in [-0.15, -0.1) is 0 Å². The van der Waals surface area contributed by atoms with Gasteiger partial charge in [-0.05, 0) is 37.1 Å². The summed E-state index contributed by atoms with van der Waals surface area (Å²) in [5.41, 5.74) is 9.18. The molecule has 4 nitrogen and oxygen atoms in total. The quantitative estimate of drug-likeness (QED) is 0.760. The fraction of sp³-hybridized carbons (Fsp3) is 0.200. The van der Waals surface area contributed by atoms with Crippen molar-refractivity contribution in [1.29, 1.82) is 0 Å². The standard InChI is InChI=1S/C15H14N4/c16-15-9-13(10-6-7-10)18-19(15)14-5-1-4-12-11(14)3-2-8-17-12/h1-5,8-10H,6-7,16H2. The van der Waals surface area contributed by atoms with Gasteiger partial charge >= 0.3 is 0 Å². The van der Waals surface area contributed by atoms with Gasteiger partial charge in [-0.25, -0.2) is 4.68 Å². The molecule has 19 heavy (non-hydrogen) atoms. The minimum atomic E-state index is 0.608. The zero-order valence-electron chi connectivity index (χ0n) is 10.5. The molecule has 0 radical (unpaired) electrons. The summed E-state index contributed by atoms with van der Waals surface area (Å²) in [5.74, 6) is 1.30. The normalized spacial score (nSPS) is 14.9. The highest BCUT2D eigenvalue weighted by Gasteiger charge is 2.27. The van der Waals surface area contributed by atoms with Crippen LogP contribution in [0.25, 0.3) is 16.6 Å². The Morgan fingerprint density at radius 2 is 2.05 bits per heavy atom. The van der Waals surface area contributed by atoms with E-state index in [0.717, 1.165) is 22.3 Å². The van der Waals surface area contributed by atoms with Crippen LogP contribution in [0.4, 0.5) is 5.82 Å². The van der Waals surface area contributed by atoms with Crippen molar-refractivity contribution in [2.24, 2.45) is 0 Å². The molecule has 3 aromatic rings. The number of nitrogens with two attached hydrogens (primary N) is 1. The molecule has 0 aliphatic heterocycles. The Kier molecular flexibility index (Phi) is 2.12. The van der Waals surface area contributed by atoms with Crippen LogP contribution in [0.1, 0.15) is 24.5 Å². The molecule has 0 unspecified atom stereocenters. The second-order valence-electron chi connectivity index (χ2n) is 5.03. The number of nitrogen functional groups attached to an aromatic ring is 1. The third kappa shape index (κ3) is 1.68. The van der Waals surface area contributed by atoms with E-state index in [4.69, 9.17) is 5.73 Å². The number of fused-ring (bicyclic) bond motifs is 1. The average Bonchev–Trinajstić information content (AvgIpc) is 3.22. The van der Waals surface area contributed by atoms with E-state index < -0.39 is 0 Å². The van der Waals surface area contributed by atoms with Gasteiger partial charge in [0.05, 0.1) is 16.9 Å². The van der Waals surface area contributed by atoms with Crippen molar-refractivity contribution in [3.63, 3.8) is 0 Å². The molecule has 1 aromatic carbocycles. The van der Waals surface area contributed by atoms with Gasteiger partial charge in [0.25, 0.3) is 0 Å². The van der Waals surface area contributed by atoms with Crippen LogP contribution >= 0.6 is 0 Å². The fourth-order valence-corrected chi connectivity index (χ4v) is 2.46. The van der Waals surface area contributed by atoms with Crippen molar-refractivity contribution in [3.05, 3.63) is 48.3 Å². The van der Waals surface area contributed by atoms with Gasteiger partial charge in [0.2, 0.25) is 0 Å². The zero-order valence-corrected chi connectivity index (χ0v) is 10.5. The molecule has 1 aliphatic rings. The summed E-state index contributed by atoms with van der Waals surface area (Å²) in [7, 11) is 0. The number of benzene rings is 1. The lowest BCUT2D eigenvalue weighted by Crippen LogP contribution is -2.02. The molecule has 4 heteroatoms. The summed E-state index contributed by atoms with van der Waals surface area (Å²) in [4.78, 5) is 4.37. The second-order valence-corrected chi connectivity index (χ2v) is 5.03. The van der Waals surface area contributed by atoms with E-state index in [0.29, 0.717) is 11.7 Å². The number of hydrogen-bond acceptors (Lipinski definition) is 3. The van der Waals surface area contributed by atoms with Crippen molar-refractivity contribution in [3.8, 4) is 5.69 Å². The molecular formula is C15H14N4. The molecule has 0 amide bonds. The Balaban J connectivity index is 1.94. The summed E-state index contributed by atoms with van der Waals surface area (Å²) in [6.45, 7) is 0. The molecule has 2 N–H and O–H groups in total. The van der Waals surface area contributed by atoms with Crippen molar-refractivity contribution in [2.75, 3.05) is 5.73 Å². The number of pyridine rings is 1. The number of nitrogens with zero attached hydrogens (tertiary/aromatic N) is 3. The summed E-state index contributed by atoms with van der Waals surface area (Å²) < 4.78 is 1.83. The molecule has 2 aromatic heterocycles. The van der Waals surface area contributed by atoms with Crippen LogP contribution in [0.5, 0.6) is 0 Å². The van der Waals surface area contributed by atoms with Gasteiger partial charge in [0.1, 0.15) is 5.82 Å². The number of rotatable bonds is 2. The lowest BCUT2D eigenvalue weighted by atomic mass is 10.2. The Morgan fingerprint density at radius 1 is 1.16 bits per heavy atom. The average molecular weight is 250 g/mol. The first-order chi connectivity index (χ1) is 9.33. The lowest BCUT2D eigenvalue weighted by molar-refractivity contribution is 0.849. The van der Waals surface area contributed by atoms with E-state index in [1.165, 1.54) is 12.8 Å². The van der Waals surface area contributed by atoms with Crippen molar-refractivity contribution < 1.29 is 0 Å². The second kappa shape index (κ2) is 3.82. The van der Waals surface area contributed by atoms with Crippen LogP contribution in [0.2, 0.25) is 0 Å². The van der Waals surface area contributed by atoms with Gasteiger partial charge in [0.15, 0.2) is 0 Å². The first kappa shape index (κ1) is 10.6. The van der Waals surface area contributed by atoms with Crippen LogP contribution < -0.4 is 5.73 Å². The van der Waals surface area contributed by atoms with Crippen LogP contribution in [-0.2, 0) is 0 Å². The molecule has 2 heterocycles. The Hall–Kier alpha value is -2.36. The predicted octanol–water partition coefficient (Wildman–Crippen LogP) is 2.88. The fourth-order valence-electron chi connectivity index (χ4n) is 2.46. The van der Waals surface area contributed by atoms with Gasteiger partial charge in [0, 0.05) is 23.6 Å². The molecule has 1 fully saturated rings. The molecule has 94 valence electrons. The summed E-state index contributed by atoms with van der Waals surface area (Å²) in [6.07, 6.45) is 4.26. The maximum atomic E-state index is 6.11. The largest absolute Gasteiger partial charge is 0.384 e. The SMILES string of the molecule is Nc1cc(C2CC2)nn1-c1cccc2ncccc12. The highest BCUT2D eigenvalue weighted by Crippen LogP contribution is 2.40. The molecule has 0 atom stereocenters. The minimum absolute atomic E-state index is 0.608. The molecular weight excluding hydrogens is 236 g/mol. The lowest BCUT2D eigenvalue weighted by Gasteiger charge is -2.07. The Morgan fingerprint density at radius 3 is 2.89 bits per heavy atom. The Labute approximate surface area is 110 Å². The molecule has 0 spiro atoms. The molecule has 0 bridgehead atoms. The van der Waals surface area contributed by atoms with Crippen molar-refractivity contribution in [2.45, 2.75) is 18.8 Å². The summed E-state index contributed by atoms with van der Waals surface area (Å²) in [6, 6.07) is 12.0. The maximum Gasteiger partial charge on any atom is 0.127 e. The van der Waals surface area contributed by atoms with Crippen molar-refractivity contribution in [1.82, 2.24) is 14.8 Å². The van der Waals surface area contributed by atoms with E-state index in [1.807, 2.05) is 35.0 Å². The van der Waals surface area contributed by atoms with E-state index in [1.54, 1.807) is 6.20 Å². The molecule has 1 aliphatic carbocycles. The molecule has 0 saturated heterocycles. The smallest absolute Gasteiger partial charge is 0.127 e. The highest BCUT2D eigenvalue weighted by atomic mass is 15.3. The molecule has 4 rings (SSSR count). The van der Waals surface area contributed by atoms with Crippen LogP contribution in [0.3, 0.4) is 0 Å². The zero-order chi connectivity index (χ0) is 12.8. The van der Waals surface area contributed by atoms with E-state index in [-0.39, 0.29) is 0 Å². The van der Waals surface area contributed by atoms with Crippen LogP contribution in [-0.4, -0.2) is 14.8 Å². The Bertz CT molecular complexity index is 750. The van der Waals surface area contributed by atoms with Crippen LogP contribution in [0, 0.1) is 0 Å². The maximum absolute atomic E-state index is 6.11. The van der Waals surface area contributed by atoms with Gasteiger partial charge in [-0.3, -0.25) is 4.98 Å². The minimum Gasteiger partial charge on any atom is -0.384 e. The van der Waals surface area contributed by atoms with Crippen LogP contribution in [0.15, 0.2) is 42.6 Å². The number of anilines is 1. The predicted molar refractivity (Wildman–Crippen MR) is 75.3 cm³/mol. The third-order valence-electron chi connectivity index (χ3n) is 3.60. The number of aromatic nitrogens is 3. The summed E-state index contributed by atoms with van der Waals surface area (Å²) >= 11 is 0. The topological polar surface area (TPSA) is 56.7 Å². The van der Waals surface area contributed by atoms with Crippen molar-refractivity contribution >= 4 is 16.7 Å². The van der Waals surface area contributed by atoms with E-state index in [9.17, 15) is 0 Å². The first-order valence-corrected chi connectivity index (χ1v) is 6.52. The highest BCUT2D eigenvalue weighted by molar-refractivity contribution is 5.87. The van der Waals surface area contributed by atoms with Gasteiger partial charge in [-0.2, -0.15) is 5.10 Å². The van der Waals surface area contributed by atoms with Gasteiger partial charge < -0.3 is 5.73 Å². The molecule has 1 saturated carbocycles. The third-order valence-corrected chi connectivity index (χ3v) is 3.60. The van der Waals surface area contributed by atoms with E-state index >= 15 is 0 Å². The first-order valence-electron chi connectivity index (χ1n) is 6.52. The van der Waals surface area contributed by atoms with E-state index in [2.05, 4.69) is 16.1 Å². The number of hydrogen-bond donors (Lipinski definition) is 1.